The summed E-state index contributed by atoms with van der Waals surface area (Å²) in [6.07, 6.45) is 8.18. The van der Waals surface area contributed by atoms with Gasteiger partial charge in [-0.05, 0) is 87.5 Å². The lowest BCUT2D eigenvalue weighted by molar-refractivity contribution is -0.0754. The maximum Gasteiger partial charge on any atom is 0.251 e. The molecule has 186 valence electrons. The first-order valence-electron chi connectivity index (χ1n) is 12.6. The summed E-state index contributed by atoms with van der Waals surface area (Å²) in [6, 6.07) is 1.21. The minimum Gasteiger partial charge on any atom is -0.491 e. The van der Waals surface area contributed by atoms with Crippen LogP contribution < -0.4 is 10.5 Å². The molecule has 9 heteroatoms. The van der Waals surface area contributed by atoms with Gasteiger partial charge in [-0.25, -0.2) is 12.8 Å². The zero-order chi connectivity index (χ0) is 23.8. The molecule has 7 nitrogen and oxygen atoms in total. The van der Waals surface area contributed by atoms with Crippen LogP contribution in [0.15, 0.2) is 11.0 Å². The normalized spacial score (nSPS) is 33.5. The fourth-order valence-corrected chi connectivity index (χ4v) is 9.17. The monoisotopic (exact) mass is 492 g/mol. The second kappa shape index (κ2) is 7.90. The number of nitrogens with two attached hydrogens (primary N) is 1. The average Bonchev–Trinajstić information content (AvgIpc) is 3.54. The molecule has 34 heavy (non-hydrogen) atoms. The molecule has 3 N–H and O–H groups in total. The van der Waals surface area contributed by atoms with Gasteiger partial charge in [0.2, 0.25) is 10.0 Å². The number of primary amides is 1. The molecule has 1 saturated heterocycles. The van der Waals surface area contributed by atoms with Crippen LogP contribution in [0.25, 0.3) is 0 Å². The van der Waals surface area contributed by atoms with Crippen LogP contribution in [0.5, 0.6) is 5.75 Å². The number of carbonyl (C=O) groups excluding carboxylic acids is 1. The van der Waals surface area contributed by atoms with Crippen molar-refractivity contribution >= 4 is 15.9 Å². The van der Waals surface area contributed by atoms with Gasteiger partial charge >= 0.3 is 0 Å². The Morgan fingerprint density at radius 2 is 1.76 bits per heavy atom. The van der Waals surface area contributed by atoms with Gasteiger partial charge in [-0.1, -0.05) is 0 Å². The molecule has 5 saturated carbocycles. The van der Waals surface area contributed by atoms with Crippen LogP contribution in [0.1, 0.15) is 79.8 Å². The minimum absolute atomic E-state index is 0.0345. The molecule has 1 unspecified atom stereocenters. The lowest BCUT2D eigenvalue weighted by atomic mass is 9.50. The van der Waals surface area contributed by atoms with Crippen molar-refractivity contribution in [3.8, 4) is 5.75 Å². The van der Waals surface area contributed by atoms with E-state index >= 15 is 4.39 Å². The first kappa shape index (κ1) is 22.7. The minimum atomic E-state index is -4.24. The molecule has 6 aliphatic rings. The standard InChI is InChI=1S/C25H33FN2O5S/c26-20-18(24(27)30)9-19(21(29)17-2-3-17)22(23(20)34(31,32)28-4-1-5-28)33-13-25-10-14-6-15(11-25)8-16(7-14)12-25/h9,14-17,21,29H,1-8,10-13H2,(H2,27,30). The van der Waals surface area contributed by atoms with Crippen LogP contribution in [0.3, 0.4) is 0 Å². The summed E-state index contributed by atoms with van der Waals surface area (Å²) < 4.78 is 50.2. The van der Waals surface area contributed by atoms with Crippen molar-refractivity contribution in [2.45, 2.75) is 68.8 Å². The first-order valence-corrected chi connectivity index (χ1v) is 14.1. The van der Waals surface area contributed by atoms with Crippen molar-refractivity contribution in [3.63, 3.8) is 0 Å². The number of halogens is 1. The van der Waals surface area contributed by atoms with E-state index in [2.05, 4.69) is 0 Å². The molecule has 1 aliphatic heterocycles. The molecular weight excluding hydrogens is 459 g/mol. The third-order valence-electron chi connectivity index (χ3n) is 8.96. The van der Waals surface area contributed by atoms with Crippen molar-refractivity contribution in [1.29, 1.82) is 0 Å². The fourth-order valence-electron chi connectivity index (χ4n) is 7.43. The number of carbonyl (C=O) groups is 1. The molecule has 0 spiro atoms. The largest absolute Gasteiger partial charge is 0.491 e. The van der Waals surface area contributed by atoms with Gasteiger partial charge in [-0.3, -0.25) is 4.79 Å². The molecule has 1 amide bonds. The van der Waals surface area contributed by atoms with E-state index in [1.165, 1.54) is 29.6 Å². The van der Waals surface area contributed by atoms with E-state index in [0.717, 1.165) is 32.1 Å². The summed E-state index contributed by atoms with van der Waals surface area (Å²) in [5, 5.41) is 11.0. The number of sulfonamides is 1. The van der Waals surface area contributed by atoms with Crippen LogP contribution in [0, 0.1) is 34.9 Å². The molecule has 1 heterocycles. The maximum absolute atomic E-state index is 15.7. The van der Waals surface area contributed by atoms with Gasteiger partial charge in [0.05, 0.1) is 18.3 Å². The van der Waals surface area contributed by atoms with Crippen molar-refractivity contribution in [1.82, 2.24) is 4.31 Å². The number of nitrogens with zero attached hydrogens (tertiary/aromatic N) is 1. The Morgan fingerprint density at radius 3 is 2.24 bits per heavy atom. The van der Waals surface area contributed by atoms with Crippen molar-refractivity contribution in [3.05, 3.63) is 23.0 Å². The number of rotatable bonds is 8. The van der Waals surface area contributed by atoms with E-state index in [-0.39, 0.29) is 35.7 Å². The molecular formula is C25H33FN2O5S. The third-order valence-corrected chi connectivity index (χ3v) is 10.9. The average molecular weight is 493 g/mol. The second-order valence-electron chi connectivity index (χ2n) is 11.6. The molecule has 4 bridgehead atoms. The predicted octanol–water partition coefficient (Wildman–Crippen LogP) is 3.36. The number of aliphatic hydroxyl groups excluding tert-OH is 1. The van der Waals surface area contributed by atoms with E-state index in [0.29, 0.717) is 30.8 Å². The van der Waals surface area contributed by atoms with Crippen molar-refractivity contribution < 1.29 is 27.4 Å². The van der Waals surface area contributed by atoms with E-state index in [9.17, 15) is 18.3 Å². The molecule has 1 aromatic carbocycles. The topological polar surface area (TPSA) is 110 Å². The van der Waals surface area contributed by atoms with E-state index < -0.39 is 38.3 Å². The van der Waals surface area contributed by atoms with Crippen LogP contribution >= 0.6 is 0 Å². The van der Waals surface area contributed by atoms with Crippen LogP contribution in [-0.2, 0) is 10.0 Å². The van der Waals surface area contributed by atoms with E-state index in [1.54, 1.807) is 0 Å². The summed E-state index contributed by atoms with van der Waals surface area (Å²) in [7, 11) is -4.24. The Balaban J connectivity index is 1.44. The molecule has 6 fully saturated rings. The highest BCUT2D eigenvalue weighted by Gasteiger charge is 2.52. The Labute approximate surface area is 199 Å². The Bertz CT molecular complexity index is 1090. The molecule has 7 rings (SSSR count). The molecule has 5 aliphatic carbocycles. The zero-order valence-electron chi connectivity index (χ0n) is 19.3. The zero-order valence-corrected chi connectivity index (χ0v) is 20.2. The number of ether oxygens (including phenoxy) is 1. The molecule has 0 radical (unpaired) electrons. The summed E-state index contributed by atoms with van der Waals surface area (Å²) >= 11 is 0. The summed E-state index contributed by atoms with van der Waals surface area (Å²) in [5.74, 6) is -0.364. The quantitative estimate of drug-likeness (QED) is 0.578. The Kier molecular flexibility index (Phi) is 5.28. The first-order chi connectivity index (χ1) is 16.2. The number of hydrogen-bond donors (Lipinski definition) is 2. The highest BCUT2D eigenvalue weighted by Crippen LogP contribution is 2.60. The Hall–Kier alpha value is -1.71. The van der Waals surface area contributed by atoms with Gasteiger partial charge in [0.15, 0.2) is 10.7 Å². The Morgan fingerprint density at radius 1 is 1.18 bits per heavy atom. The van der Waals surface area contributed by atoms with Gasteiger partial charge in [-0.15, -0.1) is 0 Å². The molecule has 1 aromatic rings. The maximum atomic E-state index is 15.7. The van der Waals surface area contributed by atoms with Crippen molar-refractivity contribution in [2.24, 2.45) is 34.8 Å². The van der Waals surface area contributed by atoms with Crippen molar-refractivity contribution in [2.75, 3.05) is 19.7 Å². The van der Waals surface area contributed by atoms with Crippen LogP contribution in [-0.4, -0.2) is 43.4 Å². The highest BCUT2D eigenvalue weighted by molar-refractivity contribution is 7.89. The van der Waals surface area contributed by atoms with Gasteiger partial charge in [0.25, 0.3) is 5.91 Å². The van der Waals surface area contributed by atoms with E-state index in [4.69, 9.17) is 10.5 Å². The SMILES string of the molecule is NC(=O)c1cc(C(O)C2CC2)c(OCC23CC4CC(CC(C4)C2)C3)c(S(=O)(=O)N2CCC2)c1F. The lowest BCUT2D eigenvalue weighted by Crippen LogP contribution is -2.49. The van der Waals surface area contributed by atoms with Gasteiger partial charge in [0.1, 0.15) is 5.75 Å². The number of aliphatic hydroxyl groups is 1. The highest BCUT2D eigenvalue weighted by atomic mass is 32.2. The molecule has 0 aromatic heterocycles. The summed E-state index contributed by atoms with van der Waals surface area (Å²) in [6.45, 7) is 0.883. The van der Waals surface area contributed by atoms with E-state index in [1.807, 2.05) is 0 Å². The lowest BCUT2D eigenvalue weighted by Gasteiger charge is -2.56. The van der Waals surface area contributed by atoms with Crippen LogP contribution in [0.4, 0.5) is 4.39 Å². The number of amides is 1. The van der Waals surface area contributed by atoms with Crippen LogP contribution in [0.2, 0.25) is 0 Å². The smallest absolute Gasteiger partial charge is 0.251 e. The fraction of sp³-hybridized carbons (Fsp3) is 0.720. The number of benzene rings is 1. The second-order valence-corrected chi connectivity index (χ2v) is 13.5. The number of hydrogen-bond acceptors (Lipinski definition) is 5. The summed E-state index contributed by atoms with van der Waals surface area (Å²) in [4.78, 5) is 11.4. The summed E-state index contributed by atoms with van der Waals surface area (Å²) in [5.41, 5.74) is 5.04. The molecule has 1 atom stereocenters. The predicted molar refractivity (Wildman–Crippen MR) is 122 cm³/mol. The third kappa shape index (κ3) is 3.66. The van der Waals surface area contributed by atoms with Gasteiger partial charge in [0, 0.05) is 24.1 Å². The van der Waals surface area contributed by atoms with Gasteiger partial charge < -0.3 is 15.6 Å². The van der Waals surface area contributed by atoms with Gasteiger partial charge in [-0.2, -0.15) is 4.31 Å².